The normalized spacial score (nSPS) is 18.7. The van der Waals surface area contributed by atoms with E-state index in [9.17, 15) is 8.42 Å². The number of sulfonamides is 1. The van der Waals surface area contributed by atoms with Gasteiger partial charge in [-0.3, -0.25) is 0 Å². The van der Waals surface area contributed by atoms with Gasteiger partial charge in [0.15, 0.2) is 0 Å². The fourth-order valence-corrected chi connectivity index (χ4v) is 4.98. The van der Waals surface area contributed by atoms with Crippen LogP contribution in [0.15, 0.2) is 16.3 Å². The molecule has 0 unspecified atom stereocenters. The van der Waals surface area contributed by atoms with Crippen molar-refractivity contribution >= 4 is 21.4 Å². The molecule has 1 aliphatic carbocycles. The standard InChI is InChI=1S/C13H21NO2S2/c1-2-12-9-10-13(17-12)18(15,16)14-11-7-5-3-4-6-8-11/h9-11,14H,2-8H2,1H3. The largest absolute Gasteiger partial charge is 0.250 e. The highest BCUT2D eigenvalue weighted by atomic mass is 32.2. The van der Waals surface area contributed by atoms with Gasteiger partial charge in [-0.15, -0.1) is 11.3 Å². The van der Waals surface area contributed by atoms with Crippen LogP contribution in [0.4, 0.5) is 0 Å². The molecule has 1 fully saturated rings. The van der Waals surface area contributed by atoms with Crippen molar-refractivity contribution < 1.29 is 8.42 Å². The lowest BCUT2D eigenvalue weighted by Gasteiger charge is -2.15. The van der Waals surface area contributed by atoms with Crippen LogP contribution in [0.3, 0.4) is 0 Å². The summed E-state index contributed by atoms with van der Waals surface area (Å²) in [7, 11) is -3.30. The van der Waals surface area contributed by atoms with Gasteiger partial charge in [0.1, 0.15) is 4.21 Å². The summed E-state index contributed by atoms with van der Waals surface area (Å²) < 4.78 is 27.8. The van der Waals surface area contributed by atoms with E-state index in [1.165, 1.54) is 24.2 Å². The first-order valence-corrected chi connectivity index (χ1v) is 9.03. The smallest absolute Gasteiger partial charge is 0.207 e. The van der Waals surface area contributed by atoms with E-state index in [4.69, 9.17) is 0 Å². The average molecular weight is 287 g/mol. The molecule has 3 nitrogen and oxygen atoms in total. The van der Waals surface area contributed by atoms with Crippen LogP contribution in [0.1, 0.15) is 50.3 Å². The zero-order valence-electron chi connectivity index (χ0n) is 10.8. The van der Waals surface area contributed by atoms with Crippen LogP contribution in [0.25, 0.3) is 0 Å². The highest BCUT2D eigenvalue weighted by Gasteiger charge is 2.22. The Morgan fingerprint density at radius 2 is 1.89 bits per heavy atom. The van der Waals surface area contributed by atoms with Crippen molar-refractivity contribution in [1.82, 2.24) is 4.72 Å². The predicted molar refractivity (Wildman–Crippen MR) is 75.5 cm³/mol. The Bertz CT molecular complexity index is 471. The summed E-state index contributed by atoms with van der Waals surface area (Å²) in [4.78, 5) is 1.12. The first-order valence-electron chi connectivity index (χ1n) is 6.73. The molecule has 2 rings (SSSR count). The summed E-state index contributed by atoms with van der Waals surface area (Å²) in [6, 6.07) is 3.76. The Kier molecular flexibility index (Phi) is 4.81. The number of rotatable bonds is 4. The summed E-state index contributed by atoms with van der Waals surface area (Å²) in [5.41, 5.74) is 0. The van der Waals surface area contributed by atoms with Crippen LogP contribution < -0.4 is 4.72 Å². The number of nitrogens with one attached hydrogen (secondary N) is 1. The van der Waals surface area contributed by atoms with E-state index < -0.39 is 10.0 Å². The van der Waals surface area contributed by atoms with Crippen molar-refractivity contribution in [2.75, 3.05) is 0 Å². The minimum absolute atomic E-state index is 0.129. The number of hydrogen-bond acceptors (Lipinski definition) is 3. The molecule has 1 aromatic rings. The van der Waals surface area contributed by atoms with Crippen LogP contribution in [-0.4, -0.2) is 14.5 Å². The molecular formula is C13H21NO2S2. The van der Waals surface area contributed by atoms with Crippen LogP contribution in [-0.2, 0) is 16.4 Å². The second-order valence-corrected chi connectivity index (χ2v) is 7.99. The average Bonchev–Trinajstić information content (AvgIpc) is 2.70. The monoisotopic (exact) mass is 287 g/mol. The predicted octanol–water partition coefficient (Wildman–Crippen LogP) is 3.31. The Hall–Kier alpha value is -0.390. The van der Waals surface area contributed by atoms with Gasteiger partial charge in [0.25, 0.3) is 0 Å². The molecule has 1 saturated carbocycles. The second kappa shape index (κ2) is 6.17. The third-order valence-corrected chi connectivity index (χ3v) is 6.67. The van der Waals surface area contributed by atoms with E-state index in [0.29, 0.717) is 4.21 Å². The molecule has 0 saturated heterocycles. The van der Waals surface area contributed by atoms with E-state index in [2.05, 4.69) is 4.72 Å². The van der Waals surface area contributed by atoms with Crippen LogP contribution in [0, 0.1) is 0 Å². The van der Waals surface area contributed by atoms with Crippen LogP contribution >= 0.6 is 11.3 Å². The Morgan fingerprint density at radius 1 is 1.22 bits per heavy atom. The molecule has 1 aliphatic rings. The maximum absolute atomic E-state index is 12.2. The maximum atomic E-state index is 12.2. The topological polar surface area (TPSA) is 46.2 Å². The third-order valence-electron chi connectivity index (χ3n) is 3.43. The van der Waals surface area contributed by atoms with E-state index in [0.717, 1.165) is 37.0 Å². The SMILES string of the molecule is CCc1ccc(S(=O)(=O)NC2CCCCCC2)s1. The van der Waals surface area contributed by atoms with Crippen molar-refractivity contribution in [2.24, 2.45) is 0 Å². The van der Waals surface area contributed by atoms with Crippen molar-refractivity contribution in [1.29, 1.82) is 0 Å². The molecule has 0 aliphatic heterocycles. The molecule has 1 heterocycles. The number of thiophene rings is 1. The Labute approximate surface area is 114 Å². The van der Waals surface area contributed by atoms with Crippen LogP contribution in [0.2, 0.25) is 0 Å². The van der Waals surface area contributed by atoms with Crippen molar-refractivity contribution in [3.8, 4) is 0 Å². The lowest BCUT2D eigenvalue weighted by Crippen LogP contribution is -2.33. The minimum Gasteiger partial charge on any atom is -0.207 e. The fraction of sp³-hybridized carbons (Fsp3) is 0.692. The molecule has 102 valence electrons. The van der Waals surface area contributed by atoms with E-state index in [1.807, 2.05) is 13.0 Å². The van der Waals surface area contributed by atoms with Crippen molar-refractivity contribution in [2.45, 2.75) is 62.1 Å². The summed E-state index contributed by atoms with van der Waals surface area (Å²) in [5, 5.41) is 0. The van der Waals surface area contributed by atoms with Gasteiger partial charge in [0, 0.05) is 10.9 Å². The molecule has 18 heavy (non-hydrogen) atoms. The fourth-order valence-electron chi connectivity index (χ4n) is 2.37. The van der Waals surface area contributed by atoms with Gasteiger partial charge < -0.3 is 0 Å². The highest BCUT2D eigenvalue weighted by Crippen LogP contribution is 2.24. The molecule has 0 atom stereocenters. The van der Waals surface area contributed by atoms with E-state index in [1.54, 1.807) is 6.07 Å². The van der Waals surface area contributed by atoms with Gasteiger partial charge in [-0.2, -0.15) is 0 Å². The molecule has 5 heteroatoms. The van der Waals surface area contributed by atoms with E-state index in [-0.39, 0.29) is 6.04 Å². The quantitative estimate of drug-likeness (QED) is 0.864. The Balaban J connectivity index is 2.06. The molecule has 1 N–H and O–H groups in total. The Morgan fingerprint density at radius 3 is 2.44 bits per heavy atom. The van der Waals surface area contributed by atoms with Crippen LogP contribution in [0.5, 0.6) is 0 Å². The van der Waals surface area contributed by atoms with E-state index >= 15 is 0 Å². The molecule has 1 aromatic heterocycles. The summed E-state index contributed by atoms with van der Waals surface area (Å²) in [6.45, 7) is 2.04. The van der Waals surface area contributed by atoms with Gasteiger partial charge in [-0.1, -0.05) is 32.6 Å². The molecule has 0 spiro atoms. The van der Waals surface area contributed by atoms with Crippen molar-refractivity contribution in [3.63, 3.8) is 0 Å². The van der Waals surface area contributed by atoms with Crippen molar-refractivity contribution in [3.05, 3.63) is 17.0 Å². The minimum atomic E-state index is -3.30. The van der Waals surface area contributed by atoms with Gasteiger partial charge >= 0.3 is 0 Å². The molecular weight excluding hydrogens is 266 g/mol. The lowest BCUT2D eigenvalue weighted by molar-refractivity contribution is 0.511. The lowest BCUT2D eigenvalue weighted by atomic mass is 10.1. The highest BCUT2D eigenvalue weighted by molar-refractivity contribution is 7.91. The number of aryl methyl sites for hydroxylation is 1. The van der Waals surface area contributed by atoms with Gasteiger partial charge in [-0.05, 0) is 31.4 Å². The van der Waals surface area contributed by atoms with Gasteiger partial charge in [0.2, 0.25) is 10.0 Å². The molecule has 0 amide bonds. The first kappa shape index (κ1) is 14.0. The zero-order chi connectivity index (χ0) is 13.0. The summed E-state index contributed by atoms with van der Waals surface area (Å²) >= 11 is 1.38. The molecule has 0 radical (unpaired) electrons. The first-order chi connectivity index (χ1) is 8.62. The molecule has 0 bridgehead atoms. The van der Waals surface area contributed by atoms with Gasteiger partial charge in [-0.25, -0.2) is 13.1 Å². The maximum Gasteiger partial charge on any atom is 0.250 e. The number of hydrogen-bond donors (Lipinski definition) is 1. The zero-order valence-corrected chi connectivity index (χ0v) is 12.4. The summed E-state index contributed by atoms with van der Waals surface area (Å²) in [5.74, 6) is 0. The molecule has 0 aromatic carbocycles. The summed E-state index contributed by atoms with van der Waals surface area (Å²) in [6.07, 6.45) is 7.59. The van der Waals surface area contributed by atoms with Gasteiger partial charge in [0.05, 0.1) is 0 Å². The third kappa shape index (κ3) is 3.56. The second-order valence-electron chi connectivity index (χ2n) is 4.88.